The van der Waals surface area contributed by atoms with Gasteiger partial charge in [-0.3, -0.25) is 4.79 Å². The molecule has 106 valence electrons. The van der Waals surface area contributed by atoms with E-state index in [1.54, 1.807) is 12.1 Å². The average molecular weight is 287 g/mol. The topological polar surface area (TPSA) is 73.6 Å². The Hall–Kier alpha value is -1.46. The molecule has 0 heterocycles. The average Bonchev–Trinajstić information content (AvgIpc) is 2.39. The molecule has 1 aromatic rings. The Labute approximate surface area is 118 Å². The number of carbonyl (C=O) groups excluding carboxylic acids is 1. The van der Waals surface area contributed by atoms with Gasteiger partial charge in [-0.15, -0.1) is 0 Å². The Bertz CT molecular complexity index is 463. The van der Waals surface area contributed by atoms with E-state index in [1.807, 2.05) is 13.8 Å². The maximum Gasteiger partial charge on any atom is 0.241 e. The third-order valence-corrected chi connectivity index (χ3v) is 3.06. The lowest BCUT2D eigenvalue weighted by Gasteiger charge is -2.17. The second kappa shape index (κ2) is 6.63. The van der Waals surface area contributed by atoms with Crippen molar-refractivity contribution in [3.63, 3.8) is 0 Å². The summed E-state index contributed by atoms with van der Waals surface area (Å²) in [6.07, 6.45) is 0. The second-order valence-corrected chi connectivity index (χ2v) is 4.85. The largest absolute Gasteiger partial charge is 0.493 e. The molecule has 0 fully saturated rings. The van der Waals surface area contributed by atoms with Crippen LogP contribution in [0.1, 0.15) is 13.8 Å². The van der Waals surface area contributed by atoms with Crippen LogP contribution in [0, 0.1) is 5.92 Å². The van der Waals surface area contributed by atoms with Crippen molar-refractivity contribution < 1.29 is 14.3 Å². The van der Waals surface area contributed by atoms with Crippen molar-refractivity contribution in [2.75, 3.05) is 19.5 Å². The first-order valence-electron chi connectivity index (χ1n) is 5.88. The molecule has 6 heteroatoms. The summed E-state index contributed by atoms with van der Waals surface area (Å²) in [5.74, 6) is 0.738. The molecule has 1 atom stereocenters. The molecule has 0 aliphatic rings. The van der Waals surface area contributed by atoms with Gasteiger partial charge in [0.05, 0.1) is 31.0 Å². The molecular weight excluding hydrogens is 268 g/mol. The SMILES string of the molecule is COc1cc(Cl)c(NC(=O)[C@@H](N)C(C)C)cc1OC. The molecular formula is C13H19ClN2O3. The molecule has 0 saturated heterocycles. The van der Waals surface area contributed by atoms with Crippen LogP contribution in [0.5, 0.6) is 11.5 Å². The van der Waals surface area contributed by atoms with E-state index in [-0.39, 0.29) is 11.8 Å². The standard InChI is InChI=1S/C13H19ClN2O3/c1-7(2)12(15)13(17)16-9-6-11(19-4)10(18-3)5-8(9)14/h5-7,12H,15H2,1-4H3,(H,16,17)/t12-/m0/s1. The molecule has 1 aromatic carbocycles. The van der Waals surface area contributed by atoms with Crippen LogP contribution in [-0.2, 0) is 4.79 Å². The Morgan fingerprint density at radius 3 is 2.26 bits per heavy atom. The molecule has 1 rings (SSSR count). The fourth-order valence-electron chi connectivity index (χ4n) is 1.47. The van der Waals surface area contributed by atoms with Crippen LogP contribution in [-0.4, -0.2) is 26.2 Å². The number of amides is 1. The van der Waals surface area contributed by atoms with Gasteiger partial charge < -0.3 is 20.5 Å². The van der Waals surface area contributed by atoms with E-state index in [0.29, 0.717) is 22.2 Å². The number of carbonyl (C=O) groups is 1. The molecule has 0 aliphatic heterocycles. The summed E-state index contributed by atoms with van der Waals surface area (Å²) in [5, 5.41) is 3.05. The van der Waals surface area contributed by atoms with Crippen molar-refractivity contribution >= 4 is 23.2 Å². The predicted octanol–water partition coefficient (Wildman–Crippen LogP) is 2.28. The molecule has 5 nitrogen and oxygen atoms in total. The molecule has 0 aromatic heterocycles. The van der Waals surface area contributed by atoms with Gasteiger partial charge in [-0.25, -0.2) is 0 Å². The van der Waals surface area contributed by atoms with Crippen molar-refractivity contribution in [3.05, 3.63) is 17.2 Å². The van der Waals surface area contributed by atoms with Crippen LogP contribution in [0.4, 0.5) is 5.69 Å². The van der Waals surface area contributed by atoms with E-state index in [4.69, 9.17) is 26.8 Å². The molecule has 0 bridgehead atoms. The quantitative estimate of drug-likeness (QED) is 0.871. The fraction of sp³-hybridized carbons (Fsp3) is 0.462. The second-order valence-electron chi connectivity index (χ2n) is 4.45. The van der Waals surface area contributed by atoms with Gasteiger partial charge in [-0.05, 0) is 5.92 Å². The highest BCUT2D eigenvalue weighted by Gasteiger charge is 2.19. The first-order valence-corrected chi connectivity index (χ1v) is 6.26. The maximum atomic E-state index is 11.9. The van der Waals surface area contributed by atoms with E-state index < -0.39 is 6.04 Å². The summed E-state index contributed by atoms with van der Waals surface area (Å²) in [7, 11) is 3.03. The summed E-state index contributed by atoms with van der Waals surface area (Å²) in [6, 6.07) is 2.59. The highest BCUT2D eigenvalue weighted by atomic mass is 35.5. The lowest BCUT2D eigenvalue weighted by atomic mass is 10.0. The molecule has 0 radical (unpaired) electrons. The molecule has 0 saturated carbocycles. The number of benzene rings is 1. The zero-order chi connectivity index (χ0) is 14.6. The van der Waals surface area contributed by atoms with Crippen molar-refractivity contribution in [1.29, 1.82) is 0 Å². The Morgan fingerprint density at radius 1 is 1.26 bits per heavy atom. The van der Waals surface area contributed by atoms with Crippen LogP contribution in [0.25, 0.3) is 0 Å². The molecule has 0 spiro atoms. The molecule has 3 N–H and O–H groups in total. The Morgan fingerprint density at radius 2 is 1.79 bits per heavy atom. The Balaban J connectivity index is 2.99. The number of hydrogen-bond acceptors (Lipinski definition) is 4. The summed E-state index contributed by atoms with van der Waals surface area (Å²) in [4.78, 5) is 11.9. The molecule has 0 aliphatic carbocycles. The van der Waals surface area contributed by atoms with Crippen LogP contribution in [0.2, 0.25) is 5.02 Å². The minimum atomic E-state index is -0.593. The third-order valence-electron chi connectivity index (χ3n) is 2.75. The number of hydrogen-bond donors (Lipinski definition) is 2. The van der Waals surface area contributed by atoms with Crippen LogP contribution >= 0.6 is 11.6 Å². The van der Waals surface area contributed by atoms with Gasteiger partial charge in [-0.2, -0.15) is 0 Å². The zero-order valence-electron chi connectivity index (χ0n) is 11.5. The zero-order valence-corrected chi connectivity index (χ0v) is 12.2. The molecule has 1 amide bonds. The number of methoxy groups -OCH3 is 2. The molecule has 19 heavy (non-hydrogen) atoms. The lowest BCUT2D eigenvalue weighted by Crippen LogP contribution is -2.39. The monoisotopic (exact) mass is 286 g/mol. The summed E-state index contributed by atoms with van der Waals surface area (Å²) in [5.41, 5.74) is 6.22. The van der Waals surface area contributed by atoms with Gasteiger partial charge in [0.25, 0.3) is 0 Å². The van der Waals surface area contributed by atoms with Crippen molar-refractivity contribution in [2.45, 2.75) is 19.9 Å². The van der Waals surface area contributed by atoms with Gasteiger partial charge in [-0.1, -0.05) is 25.4 Å². The van der Waals surface area contributed by atoms with E-state index >= 15 is 0 Å². The number of nitrogens with two attached hydrogens (primary N) is 1. The van der Waals surface area contributed by atoms with Crippen LogP contribution in [0.15, 0.2) is 12.1 Å². The third kappa shape index (κ3) is 3.75. The van der Waals surface area contributed by atoms with E-state index in [9.17, 15) is 4.79 Å². The van der Waals surface area contributed by atoms with Crippen molar-refractivity contribution in [3.8, 4) is 11.5 Å². The van der Waals surface area contributed by atoms with E-state index in [0.717, 1.165) is 0 Å². The first-order chi connectivity index (χ1) is 8.90. The minimum Gasteiger partial charge on any atom is -0.493 e. The van der Waals surface area contributed by atoms with Gasteiger partial charge in [0.2, 0.25) is 5.91 Å². The minimum absolute atomic E-state index is 0.0407. The first kappa shape index (κ1) is 15.6. The van der Waals surface area contributed by atoms with E-state index in [1.165, 1.54) is 14.2 Å². The van der Waals surface area contributed by atoms with Crippen molar-refractivity contribution in [2.24, 2.45) is 11.7 Å². The van der Waals surface area contributed by atoms with E-state index in [2.05, 4.69) is 5.32 Å². The number of nitrogens with one attached hydrogen (secondary N) is 1. The van der Waals surface area contributed by atoms with Gasteiger partial charge in [0.15, 0.2) is 11.5 Å². The lowest BCUT2D eigenvalue weighted by molar-refractivity contribution is -0.118. The van der Waals surface area contributed by atoms with Crippen molar-refractivity contribution in [1.82, 2.24) is 0 Å². The number of anilines is 1. The summed E-state index contributed by atoms with van der Waals surface area (Å²) < 4.78 is 10.3. The number of rotatable bonds is 5. The highest BCUT2D eigenvalue weighted by Crippen LogP contribution is 2.36. The number of ether oxygens (including phenoxy) is 2. The van der Waals surface area contributed by atoms with Gasteiger partial charge in [0.1, 0.15) is 0 Å². The summed E-state index contributed by atoms with van der Waals surface area (Å²) in [6.45, 7) is 3.75. The molecule has 0 unspecified atom stereocenters. The maximum absolute atomic E-state index is 11.9. The smallest absolute Gasteiger partial charge is 0.241 e. The van der Waals surface area contributed by atoms with Crippen LogP contribution in [0.3, 0.4) is 0 Å². The number of halogens is 1. The predicted molar refractivity (Wildman–Crippen MR) is 76.0 cm³/mol. The van der Waals surface area contributed by atoms with Gasteiger partial charge >= 0.3 is 0 Å². The van der Waals surface area contributed by atoms with Crippen LogP contribution < -0.4 is 20.5 Å². The van der Waals surface area contributed by atoms with Gasteiger partial charge in [0, 0.05) is 12.1 Å². The Kier molecular flexibility index (Phi) is 5.44. The normalized spacial score (nSPS) is 12.2. The fourth-order valence-corrected chi connectivity index (χ4v) is 1.67. The summed E-state index contributed by atoms with van der Waals surface area (Å²) >= 11 is 6.07. The highest BCUT2D eigenvalue weighted by molar-refractivity contribution is 6.34.